The van der Waals surface area contributed by atoms with Crippen molar-refractivity contribution < 1.29 is 13.2 Å². The normalized spacial score (nSPS) is 22.5. The summed E-state index contributed by atoms with van der Waals surface area (Å²) in [5.74, 6) is 0.763. The van der Waals surface area contributed by atoms with Gasteiger partial charge in [-0.05, 0) is 24.7 Å². The Bertz CT molecular complexity index is 509. The number of aliphatic imine (C=N–C) groups is 1. The second-order valence-corrected chi connectivity index (χ2v) is 8.83. The summed E-state index contributed by atoms with van der Waals surface area (Å²) < 4.78 is 31.3. The van der Waals surface area contributed by atoms with Crippen molar-refractivity contribution in [3.05, 3.63) is 0 Å². The Labute approximate surface area is 146 Å². The Morgan fingerprint density at radius 1 is 1.21 bits per heavy atom. The quantitative estimate of drug-likeness (QED) is 0.518. The van der Waals surface area contributed by atoms with Gasteiger partial charge < -0.3 is 15.4 Å². The molecule has 1 aliphatic carbocycles. The molecule has 2 N–H and O–H groups in total. The molecule has 0 aromatic heterocycles. The lowest BCUT2D eigenvalue weighted by Crippen LogP contribution is -2.46. The van der Waals surface area contributed by atoms with Crippen LogP contribution in [-0.2, 0) is 14.8 Å². The van der Waals surface area contributed by atoms with Crippen LogP contribution in [-0.4, -0.2) is 70.9 Å². The van der Waals surface area contributed by atoms with E-state index in [4.69, 9.17) is 4.74 Å². The van der Waals surface area contributed by atoms with Crippen molar-refractivity contribution in [2.45, 2.75) is 39.0 Å². The lowest BCUT2D eigenvalue weighted by molar-refractivity contribution is 0.0730. The zero-order valence-electron chi connectivity index (χ0n) is 15.0. The molecule has 1 saturated heterocycles. The summed E-state index contributed by atoms with van der Waals surface area (Å²) in [5.41, 5.74) is 0.373. The average Bonchev–Trinajstić information content (AvgIpc) is 3.08. The van der Waals surface area contributed by atoms with Gasteiger partial charge in [0.25, 0.3) is 0 Å². The van der Waals surface area contributed by atoms with Crippen LogP contribution in [0.3, 0.4) is 0 Å². The highest BCUT2D eigenvalue weighted by atomic mass is 32.2. The molecule has 0 aromatic carbocycles. The third kappa shape index (κ3) is 5.32. The van der Waals surface area contributed by atoms with E-state index in [1.54, 1.807) is 7.05 Å². The molecule has 140 valence electrons. The summed E-state index contributed by atoms with van der Waals surface area (Å²) in [6, 6.07) is 0. The number of hydrogen-bond donors (Lipinski definition) is 2. The van der Waals surface area contributed by atoms with Crippen molar-refractivity contribution in [1.82, 2.24) is 14.9 Å². The van der Waals surface area contributed by atoms with Crippen molar-refractivity contribution in [3.8, 4) is 0 Å². The van der Waals surface area contributed by atoms with Crippen LogP contribution in [0, 0.1) is 5.41 Å². The standard InChI is InChI=1S/C16H32N4O3S/c1-3-16(6-4-5-7-16)14-19-15(17-2)18-8-13-24(21,22)20-9-11-23-12-10-20/h3-14H2,1-2H3,(H2,17,18,19). The molecule has 0 aromatic rings. The molecule has 1 saturated carbocycles. The van der Waals surface area contributed by atoms with Crippen LogP contribution in [0.1, 0.15) is 39.0 Å². The highest BCUT2D eigenvalue weighted by Gasteiger charge is 2.32. The monoisotopic (exact) mass is 360 g/mol. The maximum Gasteiger partial charge on any atom is 0.215 e. The van der Waals surface area contributed by atoms with Gasteiger partial charge in [-0.25, -0.2) is 8.42 Å². The Morgan fingerprint density at radius 2 is 1.88 bits per heavy atom. The fourth-order valence-corrected chi connectivity index (χ4v) is 4.85. The summed E-state index contributed by atoms with van der Waals surface area (Å²) in [4.78, 5) is 4.21. The first-order chi connectivity index (χ1) is 11.5. The molecule has 1 aliphatic heterocycles. The van der Waals surface area contributed by atoms with Crippen LogP contribution in [0.5, 0.6) is 0 Å². The Hall–Kier alpha value is -0.860. The number of ether oxygens (including phenoxy) is 1. The van der Waals surface area contributed by atoms with Crippen LogP contribution in [0.4, 0.5) is 0 Å². The average molecular weight is 361 g/mol. The van der Waals surface area contributed by atoms with E-state index in [2.05, 4.69) is 22.5 Å². The lowest BCUT2D eigenvalue weighted by Gasteiger charge is -2.29. The van der Waals surface area contributed by atoms with E-state index >= 15 is 0 Å². The second-order valence-electron chi connectivity index (χ2n) is 6.74. The van der Waals surface area contributed by atoms with Gasteiger partial charge in [-0.1, -0.05) is 19.8 Å². The minimum absolute atomic E-state index is 0.0760. The van der Waals surface area contributed by atoms with Crippen molar-refractivity contribution in [1.29, 1.82) is 0 Å². The molecule has 24 heavy (non-hydrogen) atoms. The minimum atomic E-state index is -3.23. The number of guanidine groups is 1. The summed E-state index contributed by atoms with van der Waals surface area (Å²) in [7, 11) is -1.51. The van der Waals surface area contributed by atoms with Crippen molar-refractivity contribution in [2.24, 2.45) is 10.4 Å². The third-order valence-electron chi connectivity index (χ3n) is 5.28. The summed E-state index contributed by atoms with van der Waals surface area (Å²) >= 11 is 0. The zero-order valence-corrected chi connectivity index (χ0v) is 15.8. The minimum Gasteiger partial charge on any atom is -0.379 e. The number of morpholine rings is 1. The van der Waals surface area contributed by atoms with E-state index in [0.717, 1.165) is 6.54 Å². The molecule has 2 aliphatic rings. The predicted octanol–water partition coefficient (Wildman–Crippen LogP) is 0.784. The van der Waals surface area contributed by atoms with E-state index in [-0.39, 0.29) is 5.75 Å². The summed E-state index contributed by atoms with van der Waals surface area (Å²) in [6.07, 6.45) is 6.30. The highest BCUT2D eigenvalue weighted by molar-refractivity contribution is 7.89. The van der Waals surface area contributed by atoms with Gasteiger partial charge in [0.05, 0.1) is 19.0 Å². The molecule has 0 amide bonds. The number of hydrogen-bond acceptors (Lipinski definition) is 4. The molecule has 8 heteroatoms. The van der Waals surface area contributed by atoms with Gasteiger partial charge in [0, 0.05) is 33.2 Å². The molecule has 0 radical (unpaired) electrons. The first kappa shape index (κ1) is 19.5. The molecule has 2 rings (SSSR count). The predicted molar refractivity (Wildman–Crippen MR) is 96.7 cm³/mol. The van der Waals surface area contributed by atoms with Crippen LogP contribution >= 0.6 is 0 Å². The molecular formula is C16H32N4O3S. The number of sulfonamides is 1. The van der Waals surface area contributed by atoms with E-state index in [1.165, 1.54) is 36.4 Å². The molecule has 7 nitrogen and oxygen atoms in total. The van der Waals surface area contributed by atoms with E-state index in [1.807, 2.05) is 0 Å². The van der Waals surface area contributed by atoms with Crippen molar-refractivity contribution >= 4 is 16.0 Å². The van der Waals surface area contributed by atoms with Crippen LogP contribution in [0.2, 0.25) is 0 Å². The lowest BCUT2D eigenvalue weighted by atomic mass is 9.83. The first-order valence-electron chi connectivity index (χ1n) is 9.01. The highest BCUT2D eigenvalue weighted by Crippen LogP contribution is 2.40. The van der Waals surface area contributed by atoms with Crippen molar-refractivity contribution in [3.63, 3.8) is 0 Å². The third-order valence-corrected chi connectivity index (χ3v) is 7.16. The fraction of sp³-hybridized carbons (Fsp3) is 0.938. The molecular weight excluding hydrogens is 328 g/mol. The SMILES string of the molecule is CCC1(CNC(=NC)NCCS(=O)(=O)N2CCOCC2)CCCC1. The molecule has 1 heterocycles. The molecule has 2 fully saturated rings. The molecule has 0 atom stereocenters. The van der Waals surface area contributed by atoms with Gasteiger partial charge in [-0.3, -0.25) is 4.99 Å². The summed E-state index contributed by atoms with van der Waals surface area (Å²) in [5, 5.41) is 6.51. The first-order valence-corrected chi connectivity index (χ1v) is 10.6. The van der Waals surface area contributed by atoms with Gasteiger partial charge in [-0.15, -0.1) is 0 Å². The van der Waals surface area contributed by atoms with E-state index < -0.39 is 10.0 Å². The van der Waals surface area contributed by atoms with Crippen LogP contribution < -0.4 is 10.6 Å². The van der Waals surface area contributed by atoms with Crippen LogP contribution in [0.15, 0.2) is 4.99 Å². The van der Waals surface area contributed by atoms with E-state index in [9.17, 15) is 8.42 Å². The molecule has 0 spiro atoms. The Kier molecular flexibility index (Phi) is 7.31. The topological polar surface area (TPSA) is 83.0 Å². The smallest absolute Gasteiger partial charge is 0.215 e. The number of rotatable bonds is 7. The maximum atomic E-state index is 12.3. The second kappa shape index (κ2) is 9.01. The molecule has 0 bridgehead atoms. The van der Waals surface area contributed by atoms with Gasteiger partial charge in [0.15, 0.2) is 5.96 Å². The number of nitrogens with one attached hydrogen (secondary N) is 2. The summed E-state index contributed by atoms with van der Waals surface area (Å²) in [6.45, 7) is 5.38. The van der Waals surface area contributed by atoms with Gasteiger partial charge in [0.2, 0.25) is 10.0 Å². The number of nitrogens with zero attached hydrogens (tertiary/aromatic N) is 2. The fourth-order valence-electron chi connectivity index (χ4n) is 3.52. The molecule has 0 unspecified atom stereocenters. The zero-order chi connectivity index (χ0) is 17.5. The van der Waals surface area contributed by atoms with E-state index in [0.29, 0.717) is 44.2 Å². The Morgan fingerprint density at radius 3 is 2.46 bits per heavy atom. The largest absolute Gasteiger partial charge is 0.379 e. The van der Waals surface area contributed by atoms with Crippen LogP contribution in [0.25, 0.3) is 0 Å². The van der Waals surface area contributed by atoms with Crippen molar-refractivity contribution in [2.75, 3.05) is 52.2 Å². The van der Waals surface area contributed by atoms with Gasteiger partial charge >= 0.3 is 0 Å². The van der Waals surface area contributed by atoms with Gasteiger partial charge in [-0.2, -0.15) is 4.31 Å². The Balaban J connectivity index is 1.75. The maximum absolute atomic E-state index is 12.3. The van der Waals surface area contributed by atoms with Gasteiger partial charge in [0.1, 0.15) is 0 Å².